The predicted molar refractivity (Wildman–Crippen MR) is 68.8 cm³/mol. The summed E-state index contributed by atoms with van der Waals surface area (Å²) in [6, 6.07) is 3.29. The molecule has 0 unspecified atom stereocenters. The number of thioether (sulfide) groups is 1. The molecular weight excluding hydrogens is 272 g/mol. The number of amides is 1. The molecule has 2 N–H and O–H groups in total. The highest BCUT2D eigenvalue weighted by Gasteiger charge is 2.27. The summed E-state index contributed by atoms with van der Waals surface area (Å²) in [6.07, 6.45) is 1.21. The molecule has 0 bridgehead atoms. The molecule has 1 aromatic rings. The van der Waals surface area contributed by atoms with Crippen molar-refractivity contribution in [3.8, 4) is 0 Å². The fourth-order valence-electron chi connectivity index (χ4n) is 1.91. The second kappa shape index (κ2) is 6.34. The van der Waals surface area contributed by atoms with Gasteiger partial charge in [0.2, 0.25) is 5.91 Å². The molecule has 0 radical (unpaired) electrons. The third-order valence-electron chi connectivity index (χ3n) is 3.05. The SMILES string of the molecule is O=C(CSc1ccc(F)cc1F)NCC1CC(O)C1. The molecule has 1 fully saturated rings. The van der Waals surface area contributed by atoms with Gasteiger partial charge in [-0.1, -0.05) is 0 Å². The van der Waals surface area contributed by atoms with E-state index < -0.39 is 11.6 Å². The Labute approximate surface area is 114 Å². The fraction of sp³-hybridized carbons (Fsp3) is 0.462. The van der Waals surface area contributed by atoms with Crippen molar-refractivity contribution in [2.24, 2.45) is 5.92 Å². The van der Waals surface area contributed by atoms with Crippen molar-refractivity contribution in [1.82, 2.24) is 5.32 Å². The molecule has 0 atom stereocenters. The Hall–Kier alpha value is -1.14. The Morgan fingerprint density at radius 3 is 2.79 bits per heavy atom. The van der Waals surface area contributed by atoms with Gasteiger partial charge in [-0.15, -0.1) is 11.8 Å². The third kappa shape index (κ3) is 4.18. The molecule has 0 saturated heterocycles. The van der Waals surface area contributed by atoms with Gasteiger partial charge in [0.05, 0.1) is 11.9 Å². The molecule has 2 rings (SSSR count). The van der Waals surface area contributed by atoms with E-state index in [-0.39, 0.29) is 22.7 Å². The lowest BCUT2D eigenvalue weighted by Gasteiger charge is -2.31. The molecule has 6 heteroatoms. The minimum absolute atomic E-state index is 0.0951. The highest BCUT2D eigenvalue weighted by molar-refractivity contribution is 8.00. The number of hydrogen-bond acceptors (Lipinski definition) is 3. The number of rotatable bonds is 5. The summed E-state index contributed by atoms with van der Waals surface area (Å²) in [6.45, 7) is 0.544. The van der Waals surface area contributed by atoms with Crippen LogP contribution in [0.4, 0.5) is 8.78 Å². The number of carbonyl (C=O) groups excluding carboxylic acids is 1. The summed E-state index contributed by atoms with van der Waals surface area (Å²) in [5.74, 6) is -1.03. The van der Waals surface area contributed by atoms with Crippen molar-refractivity contribution in [3.63, 3.8) is 0 Å². The van der Waals surface area contributed by atoms with Gasteiger partial charge in [-0.05, 0) is 30.9 Å². The van der Waals surface area contributed by atoms with Crippen LogP contribution in [0, 0.1) is 17.6 Å². The molecule has 1 aliphatic rings. The summed E-state index contributed by atoms with van der Waals surface area (Å²) in [5.41, 5.74) is 0. The molecular formula is C13H15F2NO2S. The second-order valence-corrected chi connectivity index (χ2v) is 5.68. The molecule has 3 nitrogen and oxygen atoms in total. The van der Waals surface area contributed by atoms with Crippen molar-refractivity contribution in [3.05, 3.63) is 29.8 Å². The molecule has 0 spiro atoms. The van der Waals surface area contributed by atoms with Gasteiger partial charge in [-0.25, -0.2) is 8.78 Å². The number of hydrogen-bond donors (Lipinski definition) is 2. The van der Waals surface area contributed by atoms with Crippen molar-refractivity contribution in [2.75, 3.05) is 12.3 Å². The average molecular weight is 287 g/mol. The number of carbonyl (C=O) groups is 1. The Morgan fingerprint density at radius 2 is 2.16 bits per heavy atom. The van der Waals surface area contributed by atoms with Crippen LogP contribution in [-0.4, -0.2) is 29.4 Å². The van der Waals surface area contributed by atoms with E-state index in [0.29, 0.717) is 12.5 Å². The molecule has 1 saturated carbocycles. The molecule has 0 aliphatic heterocycles. The summed E-state index contributed by atoms with van der Waals surface area (Å²) < 4.78 is 26.0. The van der Waals surface area contributed by atoms with E-state index in [0.717, 1.165) is 30.7 Å². The zero-order chi connectivity index (χ0) is 13.8. The van der Waals surface area contributed by atoms with Crippen LogP contribution in [0.1, 0.15) is 12.8 Å². The van der Waals surface area contributed by atoms with Crippen LogP contribution < -0.4 is 5.32 Å². The lowest BCUT2D eigenvalue weighted by atomic mass is 9.82. The number of aliphatic hydroxyl groups is 1. The first-order valence-corrected chi connectivity index (χ1v) is 7.06. The topological polar surface area (TPSA) is 49.3 Å². The predicted octanol–water partition coefficient (Wildman–Crippen LogP) is 1.94. The standard InChI is InChI=1S/C13H15F2NO2S/c14-9-1-2-12(11(15)5-9)19-7-13(18)16-6-8-3-10(17)4-8/h1-2,5,8,10,17H,3-4,6-7H2,(H,16,18). The van der Waals surface area contributed by atoms with Gasteiger partial charge in [0.25, 0.3) is 0 Å². The number of benzene rings is 1. The Kier molecular flexibility index (Phi) is 4.76. The largest absolute Gasteiger partial charge is 0.393 e. The van der Waals surface area contributed by atoms with E-state index in [2.05, 4.69) is 5.32 Å². The van der Waals surface area contributed by atoms with Crippen LogP contribution in [0.15, 0.2) is 23.1 Å². The highest BCUT2D eigenvalue weighted by Crippen LogP contribution is 2.26. The number of halogens is 2. The fourth-order valence-corrected chi connectivity index (χ4v) is 2.66. The van der Waals surface area contributed by atoms with Gasteiger partial charge < -0.3 is 10.4 Å². The average Bonchev–Trinajstić information content (AvgIpc) is 2.32. The zero-order valence-electron chi connectivity index (χ0n) is 10.2. The first-order valence-electron chi connectivity index (χ1n) is 6.07. The maximum atomic E-state index is 13.3. The van der Waals surface area contributed by atoms with E-state index in [1.54, 1.807) is 0 Å². The maximum Gasteiger partial charge on any atom is 0.230 e. The van der Waals surface area contributed by atoms with Gasteiger partial charge in [0.1, 0.15) is 11.6 Å². The van der Waals surface area contributed by atoms with Crippen LogP contribution >= 0.6 is 11.8 Å². The molecule has 0 heterocycles. The van der Waals surface area contributed by atoms with E-state index >= 15 is 0 Å². The zero-order valence-corrected chi connectivity index (χ0v) is 11.1. The van der Waals surface area contributed by atoms with E-state index in [4.69, 9.17) is 5.11 Å². The van der Waals surface area contributed by atoms with Crippen LogP contribution in [0.3, 0.4) is 0 Å². The minimum atomic E-state index is -0.653. The smallest absolute Gasteiger partial charge is 0.230 e. The van der Waals surface area contributed by atoms with Gasteiger partial charge in [-0.3, -0.25) is 4.79 Å². The lowest BCUT2D eigenvalue weighted by molar-refractivity contribution is -0.119. The van der Waals surface area contributed by atoms with Crippen LogP contribution in [0.2, 0.25) is 0 Å². The number of nitrogens with one attached hydrogen (secondary N) is 1. The van der Waals surface area contributed by atoms with Gasteiger partial charge in [0.15, 0.2) is 0 Å². The van der Waals surface area contributed by atoms with Gasteiger partial charge in [-0.2, -0.15) is 0 Å². The molecule has 1 aromatic carbocycles. The molecule has 1 amide bonds. The van der Waals surface area contributed by atoms with Crippen LogP contribution in [0.5, 0.6) is 0 Å². The Morgan fingerprint density at radius 1 is 1.42 bits per heavy atom. The summed E-state index contributed by atoms with van der Waals surface area (Å²) >= 11 is 1.04. The van der Waals surface area contributed by atoms with Crippen molar-refractivity contribution >= 4 is 17.7 Å². The third-order valence-corrected chi connectivity index (χ3v) is 4.10. The van der Waals surface area contributed by atoms with Gasteiger partial charge in [0, 0.05) is 17.5 Å². The van der Waals surface area contributed by atoms with E-state index in [9.17, 15) is 13.6 Å². The van der Waals surface area contributed by atoms with Crippen LogP contribution in [-0.2, 0) is 4.79 Å². The first kappa shape index (κ1) is 14.3. The molecule has 19 heavy (non-hydrogen) atoms. The van der Waals surface area contributed by atoms with Crippen molar-refractivity contribution in [2.45, 2.75) is 23.8 Å². The summed E-state index contributed by atoms with van der Waals surface area (Å²) in [4.78, 5) is 11.8. The summed E-state index contributed by atoms with van der Waals surface area (Å²) in [7, 11) is 0. The monoisotopic (exact) mass is 287 g/mol. The molecule has 1 aliphatic carbocycles. The van der Waals surface area contributed by atoms with E-state index in [1.165, 1.54) is 12.1 Å². The minimum Gasteiger partial charge on any atom is -0.393 e. The number of aliphatic hydroxyl groups excluding tert-OH is 1. The van der Waals surface area contributed by atoms with E-state index in [1.807, 2.05) is 0 Å². The van der Waals surface area contributed by atoms with Crippen molar-refractivity contribution in [1.29, 1.82) is 0 Å². The quantitative estimate of drug-likeness (QED) is 0.814. The molecule has 104 valence electrons. The second-order valence-electron chi connectivity index (χ2n) is 4.66. The van der Waals surface area contributed by atoms with Crippen LogP contribution in [0.25, 0.3) is 0 Å². The normalized spacial score (nSPS) is 21.8. The Balaban J connectivity index is 1.71. The van der Waals surface area contributed by atoms with Gasteiger partial charge >= 0.3 is 0 Å². The first-order chi connectivity index (χ1) is 9.04. The Bertz CT molecular complexity index is 464. The summed E-state index contributed by atoms with van der Waals surface area (Å²) in [5, 5.41) is 11.8. The van der Waals surface area contributed by atoms with Crippen molar-refractivity contribution < 1.29 is 18.7 Å². The lowest BCUT2D eigenvalue weighted by Crippen LogP contribution is -2.38. The maximum absolute atomic E-state index is 13.3. The highest BCUT2D eigenvalue weighted by atomic mass is 32.2. The molecule has 0 aromatic heterocycles.